The second kappa shape index (κ2) is 6.75. The van der Waals surface area contributed by atoms with E-state index >= 15 is 0 Å². The fraction of sp³-hybridized carbons (Fsp3) is 0.188. The van der Waals surface area contributed by atoms with Crippen molar-refractivity contribution in [2.45, 2.75) is 13.5 Å². The molecule has 2 aromatic heterocycles. The molecular formula is C16H15N7O. The Balaban J connectivity index is 1.71. The molecule has 0 aliphatic heterocycles. The summed E-state index contributed by atoms with van der Waals surface area (Å²) in [5.41, 5.74) is 2.27. The first kappa shape index (κ1) is 15.4. The van der Waals surface area contributed by atoms with Crippen LogP contribution in [-0.2, 0) is 13.6 Å². The van der Waals surface area contributed by atoms with Crippen molar-refractivity contribution in [3.05, 3.63) is 53.5 Å². The minimum atomic E-state index is 0.429. The van der Waals surface area contributed by atoms with Gasteiger partial charge in [-0.05, 0) is 29.8 Å². The first-order chi connectivity index (χ1) is 11.7. The van der Waals surface area contributed by atoms with E-state index in [0.29, 0.717) is 29.6 Å². The molecule has 8 heteroatoms. The molecule has 1 N–H and O–H groups in total. The average molecular weight is 321 g/mol. The second-order valence-corrected chi connectivity index (χ2v) is 5.10. The Morgan fingerprint density at radius 2 is 2.17 bits per heavy atom. The van der Waals surface area contributed by atoms with Gasteiger partial charge in [-0.25, -0.2) is 4.98 Å². The summed E-state index contributed by atoms with van der Waals surface area (Å²) in [7, 11) is 1.72. The standard InChI is InChI=1S/C16H15N7O/c1-11-7-16(24-14-6-4-3-5-12(14)8-17)19-9-13(11)18-10-15-20-22-23(2)21-15/h3-7,9,18H,10H2,1-2H3. The zero-order valence-corrected chi connectivity index (χ0v) is 13.3. The van der Waals surface area contributed by atoms with Crippen LogP contribution < -0.4 is 10.1 Å². The molecule has 24 heavy (non-hydrogen) atoms. The molecule has 0 fully saturated rings. The molecule has 0 spiro atoms. The second-order valence-electron chi connectivity index (χ2n) is 5.10. The van der Waals surface area contributed by atoms with E-state index in [4.69, 9.17) is 10.00 Å². The summed E-state index contributed by atoms with van der Waals surface area (Å²) in [4.78, 5) is 5.68. The third-order valence-electron chi connectivity index (χ3n) is 3.29. The quantitative estimate of drug-likeness (QED) is 0.768. The molecule has 0 radical (unpaired) electrons. The van der Waals surface area contributed by atoms with Gasteiger partial charge in [-0.1, -0.05) is 12.1 Å². The topological polar surface area (TPSA) is 102 Å². The zero-order valence-electron chi connectivity index (χ0n) is 13.3. The van der Waals surface area contributed by atoms with Crippen LogP contribution in [0.1, 0.15) is 17.0 Å². The van der Waals surface area contributed by atoms with Gasteiger partial charge in [-0.15, -0.1) is 10.2 Å². The number of benzene rings is 1. The number of aryl methyl sites for hydroxylation is 2. The number of ether oxygens (including phenoxy) is 1. The van der Waals surface area contributed by atoms with E-state index in [1.54, 1.807) is 37.5 Å². The van der Waals surface area contributed by atoms with Crippen LogP contribution in [-0.4, -0.2) is 25.2 Å². The highest BCUT2D eigenvalue weighted by Gasteiger charge is 2.08. The molecule has 0 aliphatic rings. The number of pyridine rings is 1. The maximum Gasteiger partial charge on any atom is 0.219 e. The Kier molecular flexibility index (Phi) is 4.34. The normalized spacial score (nSPS) is 10.2. The Labute approximate surface area is 138 Å². The number of aromatic nitrogens is 5. The van der Waals surface area contributed by atoms with E-state index < -0.39 is 0 Å². The number of hydrogen-bond donors (Lipinski definition) is 1. The molecule has 120 valence electrons. The van der Waals surface area contributed by atoms with Crippen LogP contribution in [0.4, 0.5) is 5.69 Å². The number of rotatable bonds is 5. The van der Waals surface area contributed by atoms with Gasteiger partial charge in [0, 0.05) is 6.07 Å². The Morgan fingerprint density at radius 3 is 2.88 bits per heavy atom. The lowest BCUT2D eigenvalue weighted by Gasteiger charge is -2.10. The largest absolute Gasteiger partial charge is 0.438 e. The van der Waals surface area contributed by atoms with Gasteiger partial charge in [-0.3, -0.25) is 0 Å². The van der Waals surface area contributed by atoms with Crippen molar-refractivity contribution in [3.8, 4) is 17.7 Å². The zero-order chi connectivity index (χ0) is 16.9. The number of tetrazole rings is 1. The van der Waals surface area contributed by atoms with Crippen LogP contribution in [0.15, 0.2) is 36.5 Å². The van der Waals surface area contributed by atoms with Gasteiger partial charge in [0.05, 0.1) is 31.0 Å². The number of para-hydroxylation sites is 1. The fourth-order valence-corrected chi connectivity index (χ4v) is 2.10. The Morgan fingerprint density at radius 1 is 1.33 bits per heavy atom. The van der Waals surface area contributed by atoms with E-state index in [9.17, 15) is 0 Å². The molecule has 2 heterocycles. The van der Waals surface area contributed by atoms with E-state index in [1.807, 2.05) is 13.0 Å². The first-order valence-corrected chi connectivity index (χ1v) is 7.26. The molecule has 8 nitrogen and oxygen atoms in total. The highest BCUT2D eigenvalue weighted by molar-refractivity contribution is 5.51. The maximum atomic E-state index is 9.10. The third-order valence-corrected chi connectivity index (χ3v) is 3.29. The lowest BCUT2D eigenvalue weighted by molar-refractivity contribution is 0.461. The van der Waals surface area contributed by atoms with Crippen LogP contribution in [0, 0.1) is 18.3 Å². The van der Waals surface area contributed by atoms with Crippen molar-refractivity contribution in [1.29, 1.82) is 5.26 Å². The average Bonchev–Trinajstić information content (AvgIpc) is 3.00. The van der Waals surface area contributed by atoms with Crippen molar-refractivity contribution in [2.24, 2.45) is 7.05 Å². The summed E-state index contributed by atoms with van der Waals surface area (Å²) in [5.74, 6) is 1.51. The van der Waals surface area contributed by atoms with Crippen LogP contribution in [0.3, 0.4) is 0 Å². The molecule has 3 rings (SSSR count). The number of anilines is 1. The number of hydrogen-bond acceptors (Lipinski definition) is 7. The van der Waals surface area contributed by atoms with Crippen molar-refractivity contribution >= 4 is 5.69 Å². The highest BCUT2D eigenvalue weighted by Crippen LogP contribution is 2.26. The predicted molar refractivity (Wildman–Crippen MR) is 86.3 cm³/mol. The monoisotopic (exact) mass is 321 g/mol. The minimum absolute atomic E-state index is 0.429. The predicted octanol–water partition coefficient (Wildman–Crippen LogP) is 2.19. The summed E-state index contributed by atoms with van der Waals surface area (Å²) in [6.07, 6.45) is 1.68. The maximum absolute atomic E-state index is 9.10. The van der Waals surface area contributed by atoms with E-state index in [1.165, 1.54) is 4.80 Å². The van der Waals surface area contributed by atoms with Crippen LogP contribution in [0.2, 0.25) is 0 Å². The molecule has 3 aromatic rings. The molecule has 0 aliphatic carbocycles. The first-order valence-electron chi connectivity index (χ1n) is 7.26. The van der Waals surface area contributed by atoms with Gasteiger partial charge < -0.3 is 10.1 Å². The molecule has 1 aromatic carbocycles. The Hall–Kier alpha value is -3.47. The van der Waals surface area contributed by atoms with E-state index in [-0.39, 0.29) is 0 Å². The smallest absolute Gasteiger partial charge is 0.219 e. The van der Waals surface area contributed by atoms with Crippen molar-refractivity contribution in [3.63, 3.8) is 0 Å². The van der Waals surface area contributed by atoms with Crippen LogP contribution >= 0.6 is 0 Å². The summed E-state index contributed by atoms with van der Waals surface area (Å²) in [6.45, 7) is 2.39. The van der Waals surface area contributed by atoms with Crippen LogP contribution in [0.5, 0.6) is 11.6 Å². The van der Waals surface area contributed by atoms with Gasteiger partial charge in [-0.2, -0.15) is 10.1 Å². The fourth-order valence-electron chi connectivity index (χ4n) is 2.10. The van der Waals surface area contributed by atoms with E-state index in [0.717, 1.165) is 11.3 Å². The van der Waals surface area contributed by atoms with Gasteiger partial charge in [0.2, 0.25) is 5.88 Å². The van der Waals surface area contributed by atoms with Gasteiger partial charge in [0.15, 0.2) is 5.82 Å². The highest BCUT2D eigenvalue weighted by atomic mass is 16.5. The number of nitrogens with one attached hydrogen (secondary N) is 1. The molecular weight excluding hydrogens is 306 g/mol. The Bertz CT molecular complexity index is 897. The molecule has 0 atom stereocenters. The van der Waals surface area contributed by atoms with Crippen molar-refractivity contribution in [1.82, 2.24) is 25.2 Å². The number of nitrogens with zero attached hydrogens (tertiary/aromatic N) is 6. The molecule has 0 saturated carbocycles. The lowest BCUT2D eigenvalue weighted by Crippen LogP contribution is -2.04. The SMILES string of the molecule is Cc1cc(Oc2ccccc2C#N)ncc1NCc1nnn(C)n1. The summed E-state index contributed by atoms with van der Waals surface area (Å²) >= 11 is 0. The van der Waals surface area contributed by atoms with Gasteiger partial charge in [0.25, 0.3) is 0 Å². The molecule has 0 bridgehead atoms. The summed E-state index contributed by atoms with van der Waals surface area (Å²) < 4.78 is 5.70. The van der Waals surface area contributed by atoms with E-state index in [2.05, 4.69) is 31.8 Å². The van der Waals surface area contributed by atoms with Gasteiger partial charge in [0.1, 0.15) is 11.8 Å². The lowest BCUT2D eigenvalue weighted by atomic mass is 10.2. The third kappa shape index (κ3) is 3.47. The molecule has 0 saturated heterocycles. The van der Waals surface area contributed by atoms with Crippen molar-refractivity contribution < 1.29 is 4.74 Å². The summed E-state index contributed by atoms with van der Waals surface area (Å²) in [6, 6.07) is 10.9. The minimum Gasteiger partial charge on any atom is -0.438 e. The molecule has 0 unspecified atom stereocenters. The number of nitriles is 1. The summed E-state index contributed by atoms with van der Waals surface area (Å²) in [5, 5.41) is 24.1. The van der Waals surface area contributed by atoms with Gasteiger partial charge >= 0.3 is 0 Å². The molecule has 0 amide bonds. The van der Waals surface area contributed by atoms with Crippen molar-refractivity contribution in [2.75, 3.05) is 5.32 Å². The van der Waals surface area contributed by atoms with Crippen LogP contribution in [0.25, 0.3) is 0 Å².